The van der Waals surface area contributed by atoms with E-state index in [9.17, 15) is 9.59 Å². The van der Waals surface area contributed by atoms with E-state index in [1.54, 1.807) is 31.2 Å². The molecule has 7 nitrogen and oxygen atoms in total. The second kappa shape index (κ2) is 10.7. The number of aliphatic hydroxyl groups is 1. The summed E-state index contributed by atoms with van der Waals surface area (Å²) in [7, 11) is 0. The Morgan fingerprint density at radius 2 is 1.85 bits per heavy atom. The van der Waals surface area contributed by atoms with E-state index in [0.717, 1.165) is 11.1 Å². The predicted octanol–water partition coefficient (Wildman–Crippen LogP) is 4.62. The molecule has 2 aromatic rings. The zero-order valence-corrected chi connectivity index (χ0v) is 19.9. The number of aryl methyl sites for hydroxylation is 1. The van der Waals surface area contributed by atoms with E-state index in [2.05, 4.69) is 5.32 Å². The van der Waals surface area contributed by atoms with Gasteiger partial charge in [0.05, 0.1) is 18.8 Å². The van der Waals surface area contributed by atoms with E-state index in [4.69, 9.17) is 42.9 Å². The van der Waals surface area contributed by atoms with Gasteiger partial charge in [-0.2, -0.15) is 0 Å². The second-order valence-electron chi connectivity index (χ2n) is 8.48. The number of amides is 1. The number of carbonyl (C=O) groups excluding carboxylic acids is 1. The van der Waals surface area contributed by atoms with Gasteiger partial charge in [0, 0.05) is 40.4 Å². The van der Waals surface area contributed by atoms with E-state index < -0.39 is 24.2 Å². The first-order chi connectivity index (χ1) is 15.6. The average molecular weight is 496 g/mol. The van der Waals surface area contributed by atoms with Gasteiger partial charge in [-0.1, -0.05) is 35.3 Å². The number of rotatable bonds is 8. The SMILES string of the molecule is Cc1cc(OCC(=O)O)c([C@H]2C[C@@](C)(NC(=O)CCO)C[C@@H](c3ccc(Cl)cc3)O2)cc1Cl. The van der Waals surface area contributed by atoms with Crippen molar-refractivity contribution < 1.29 is 29.3 Å². The first-order valence-corrected chi connectivity index (χ1v) is 11.3. The van der Waals surface area contributed by atoms with E-state index in [1.807, 2.05) is 19.1 Å². The van der Waals surface area contributed by atoms with Crippen LogP contribution in [0.1, 0.15) is 55.1 Å². The molecule has 9 heteroatoms. The number of benzene rings is 2. The molecule has 0 unspecified atom stereocenters. The van der Waals surface area contributed by atoms with Gasteiger partial charge in [0.1, 0.15) is 5.75 Å². The maximum Gasteiger partial charge on any atom is 0.341 e. The smallest absolute Gasteiger partial charge is 0.341 e. The minimum absolute atomic E-state index is 0.00391. The van der Waals surface area contributed by atoms with Crippen LogP contribution in [0.5, 0.6) is 5.75 Å². The zero-order valence-electron chi connectivity index (χ0n) is 18.4. The van der Waals surface area contributed by atoms with Crippen LogP contribution in [0.25, 0.3) is 0 Å². The molecule has 0 saturated carbocycles. The lowest BCUT2D eigenvalue weighted by Gasteiger charge is -2.43. The number of nitrogens with one attached hydrogen (secondary N) is 1. The standard InChI is InChI=1S/C24H27Cl2NO6/c1-14-9-19(32-13-23(30)31)17(10-18(14)26)21-12-24(2,27-22(29)7-8-28)11-20(33-21)15-3-5-16(25)6-4-15/h3-6,9-10,20-21,28H,7-8,11-13H2,1-2H3,(H,27,29)(H,30,31)/t20-,21+,24-/m0/s1. The van der Waals surface area contributed by atoms with Crippen LogP contribution in [-0.4, -0.2) is 40.8 Å². The monoisotopic (exact) mass is 495 g/mol. The lowest BCUT2D eigenvalue weighted by molar-refractivity contribution is -0.139. The minimum Gasteiger partial charge on any atom is -0.482 e. The third-order valence-corrected chi connectivity index (χ3v) is 6.27. The highest BCUT2D eigenvalue weighted by atomic mass is 35.5. The summed E-state index contributed by atoms with van der Waals surface area (Å²) in [6.45, 7) is 2.97. The molecule has 1 heterocycles. The van der Waals surface area contributed by atoms with Crippen molar-refractivity contribution in [3.05, 3.63) is 63.1 Å². The summed E-state index contributed by atoms with van der Waals surface area (Å²) in [5.41, 5.74) is 1.57. The first-order valence-electron chi connectivity index (χ1n) is 10.6. The van der Waals surface area contributed by atoms with Crippen LogP contribution in [0.3, 0.4) is 0 Å². The Hall–Kier alpha value is -2.32. The van der Waals surface area contributed by atoms with Gasteiger partial charge in [-0.05, 0) is 49.2 Å². The number of aliphatic hydroxyl groups excluding tert-OH is 1. The second-order valence-corrected chi connectivity index (χ2v) is 9.32. The van der Waals surface area contributed by atoms with Gasteiger partial charge in [-0.3, -0.25) is 4.79 Å². The molecule has 3 atom stereocenters. The average Bonchev–Trinajstić information content (AvgIpc) is 2.74. The molecule has 3 N–H and O–H groups in total. The van der Waals surface area contributed by atoms with Gasteiger partial charge in [0.25, 0.3) is 0 Å². The molecule has 2 aromatic carbocycles. The van der Waals surface area contributed by atoms with E-state index in [0.29, 0.717) is 34.2 Å². The predicted molar refractivity (Wildman–Crippen MR) is 125 cm³/mol. The Morgan fingerprint density at radius 3 is 2.48 bits per heavy atom. The maximum atomic E-state index is 12.4. The normalized spacial score (nSPS) is 22.6. The van der Waals surface area contributed by atoms with Crippen LogP contribution in [-0.2, 0) is 14.3 Å². The Labute approximate surface area is 202 Å². The number of ether oxygens (including phenoxy) is 2. The highest BCUT2D eigenvalue weighted by Gasteiger charge is 2.41. The molecule has 3 rings (SSSR count). The number of aliphatic carboxylic acids is 1. The summed E-state index contributed by atoms with van der Waals surface area (Å²) in [5.74, 6) is -0.997. The lowest BCUT2D eigenvalue weighted by Crippen LogP contribution is -2.51. The topological polar surface area (TPSA) is 105 Å². The molecule has 0 aliphatic carbocycles. The molecule has 33 heavy (non-hydrogen) atoms. The van der Waals surface area contributed by atoms with Crippen molar-refractivity contribution in [1.82, 2.24) is 5.32 Å². The van der Waals surface area contributed by atoms with Crippen molar-refractivity contribution in [2.45, 2.75) is 50.9 Å². The van der Waals surface area contributed by atoms with Crippen LogP contribution >= 0.6 is 23.2 Å². The molecular formula is C24H27Cl2NO6. The fraction of sp³-hybridized carbons (Fsp3) is 0.417. The number of carboxylic acid groups (broad SMARTS) is 1. The fourth-order valence-corrected chi connectivity index (χ4v) is 4.34. The summed E-state index contributed by atoms with van der Waals surface area (Å²) >= 11 is 12.4. The molecule has 0 spiro atoms. The molecule has 0 aromatic heterocycles. The molecule has 178 valence electrons. The van der Waals surface area contributed by atoms with Crippen molar-refractivity contribution >= 4 is 35.1 Å². The van der Waals surface area contributed by atoms with Crippen LogP contribution in [0.15, 0.2) is 36.4 Å². The molecule has 1 fully saturated rings. The molecular weight excluding hydrogens is 469 g/mol. The third-order valence-electron chi connectivity index (χ3n) is 5.61. The van der Waals surface area contributed by atoms with Gasteiger partial charge < -0.3 is 25.0 Å². The maximum absolute atomic E-state index is 12.4. The van der Waals surface area contributed by atoms with Crippen molar-refractivity contribution in [2.24, 2.45) is 0 Å². The Kier molecular flexibility index (Phi) is 8.23. The van der Waals surface area contributed by atoms with Gasteiger partial charge in [-0.25, -0.2) is 4.79 Å². The molecule has 1 aliphatic heterocycles. The molecule has 0 bridgehead atoms. The highest BCUT2D eigenvalue weighted by Crippen LogP contribution is 2.46. The van der Waals surface area contributed by atoms with Crippen molar-refractivity contribution in [3.8, 4) is 5.75 Å². The number of hydrogen-bond donors (Lipinski definition) is 3. The first kappa shape index (κ1) is 25.3. The Balaban J connectivity index is 2.00. The molecule has 1 amide bonds. The van der Waals surface area contributed by atoms with Crippen LogP contribution < -0.4 is 10.1 Å². The van der Waals surface area contributed by atoms with E-state index in [-0.39, 0.29) is 25.0 Å². The van der Waals surface area contributed by atoms with Gasteiger partial charge >= 0.3 is 5.97 Å². The summed E-state index contributed by atoms with van der Waals surface area (Å²) in [6.07, 6.45) is -0.0334. The fourth-order valence-electron chi connectivity index (χ4n) is 4.04. The van der Waals surface area contributed by atoms with Crippen LogP contribution in [0, 0.1) is 6.92 Å². The number of halogens is 2. The van der Waals surface area contributed by atoms with Crippen molar-refractivity contribution in [1.29, 1.82) is 0 Å². The van der Waals surface area contributed by atoms with E-state index >= 15 is 0 Å². The quantitative estimate of drug-likeness (QED) is 0.493. The molecule has 1 saturated heterocycles. The highest BCUT2D eigenvalue weighted by molar-refractivity contribution is 6.31. The number of carboxylic acids is 1. The summed E-state index contributed by atoms with van der Waals surface area (Å²) in [5, 5.41) is 22.4. The lowest BCUT2D eigenvalue weighted by atomic mass is 9.81. The summed E-state index contributed by atoms with van der Waals surface area (Å²) in [6, 6.07) is 10.7. The number of hydrogen-bond acceptors (Lipinski definition) is 5. The number of carbonyl (C=O) groups is 2. The Morgan fingerprint density at radius 1 is 1.18 bits per heavy atom. The van der Waals surface area contributed by atoms with Gasteiger partial charge in [-0.15, -0.1) is 0 Å². The van der Waals surface area contributed by atoms with Gasteiger partial charge in [0.2, 0.25) is 5.91 Å². The minimum atomic E-state index is -1.10. The zero-order chi connectivity index (χ0) is 24.2. The Bertz CT molecular complexity index is 1010. The van der Waals surface area contributed by atoms with Crippen LogP contribution in [0.4, 0.5) is 0 Å². The molecule has 1 aliphatic rings. The van der Waals surface area contributed by atoms with Gasteiger partial charge in [0.15, 0.2) is 6.61 Å². The third kappa shape index (κ3) is 6.60. The summed E-state index contributed by atoms with van der Waals surface area (Å²) < 4.78 is 12.0. The van der Waals surface area contributed by atoms with Crippen molar-refractivity contribution in [2.75, 3.05) is 13.2 Å². The van der Waals surface area contributed by atoms with Crippen molar-refractivity contribution in [3.63, 3.8) is 0 Å². The largest absolute Gasteiger partial charge is 0.482 e. The van der Waals surface area contributed by atoms with E-state index in [1.165, 1.54) is 0 Å². The van der Waals surface area contributed by atoms with Crippen LogP contribution in [0.2, 0.25) is 10.0 Å². The molecule has 0 radical (unpaired) electrons. The summed E-state index contributed by atoms with van der Waals surface area (Å²) in [4.78, 5) is 23.5.